The molecule has 0 aliphatic heterocycles. The van der Waals surface area contributed by atoms with Crippen LogP contribution in [0.15, 0.2) is 22.7 Å². The summed E-state index contributed by atoms with van der Waals surface area (Å²) in [6.07, 6.45) is 0.838. The van der Waals surface area contributed by atoms with Crippen molar-refractivity contribution in [2.75, 3.05) is 13.2 Å². The molecule has 0 radical (unpaired) electrons. The molecule has 0 aliphatic carbocycles. The van der Waals surface area contributed by atoms with E-state index in [1.54, 1.807) is 26.0 Å². The minimum Gasteiger partial charge on any atom is -0.464 e. The number of esters is 1. The zero-order chi connectivity index (χ0) is 14.5. The van der Waals surface area contributed by atoms with Crippen LogP contribution in [0.25, 0.3) is 0 Å². The average Bonchev–Trinajstić information content (AvgIpc) is 2.39. The first-order valence-corrected chi connectivity index (χ1v) is 7.12. The monoisotopic (exact) mass is 331 g/mol. The van der Waals surface area contributed by atoms with Crippen LogP contribution in [-0.4, -0.2) is 19.1 Å². The van der Waals surface area contributed by atoms with E-state index in [0.29, 0.717) is 6.54 Å². The fourth-order valence-corrected chi connectivity index (χ4v) is 2.17. The molecule has 0 amide bonds. The topological polar surface area (TPSA) is 38.3 Å². The number of carbonyl (C=O) groups is 1. The Morgan fingerprint density at radius 1 is 1.47 bits per heavy atom. The van der Waals surface area contributed by atoms with Crippen molar-refractivity contribution in [3.8, 4) is 0 Å². The predicted octanol–water partition coefficient (Wildman–Crippen LogP) is 3.37. The second kappa shape index (κ2) is 7.01. The third-order valence-corrected chi connectivity index (χ3v) is 3.37. The highest BCUT2D eigenvalue weighted by molar-refractivity contribution is 9.10. The van der Waals surface area contributed by atoms with E-state index in [0.717, 1.165) is 10.9 Å². The maximum absolute atomic E-state index is 14.0. The largest absolute Gasteiger partial charge is 0.464 e. The van der Waals surface area contributed by atoms with Crippen LogP contribution in [0.2, 0.25) is 0 Å². The quantitative estimate of drug-likeness (QED) is 0.812. The molecule has 1 unspecified atom stereocenters. The summed E-state index contributed by atoms with van der Waals surface area (Å²) >= 11 is 3.30. The molecular weight excluding hydrogens is 313 g/mol. The van der Waals surface area contributed by atoms with Crippen molar-refractivity contribution in [1.82, 2.24) is 5.32 Å². The smallest absolute Gasteiger partial charge is 0.330 e. The van der Waals surface area contributed by atoms with Crippen molar-refractivity contribution in [1.29, 1.82) is 0 Å². The summed E-state index contributed by atoms with van der Waals surface area (Å²) in [5, 5.41) is 3.08. The maximum Gasteiger partial charge on any atom is 0.330 e. The van der Waals surface area contributed by atoms with Gasteiger partial charge in [0, 0.05) is 10.0 Å². The van der Waals surface area contributed by atoms with Gasteiger partial charge in [-0.2, -0.15) is 0 Å². The Bertz CT molecular complexity index is 453. The SMILES string of the molecule is CCCNC(C)(C(=O)OCC)c1cc(Br)ccc1F. The minimum absolute atomic E-state index is 0.262. The lowest BCUT2D eigenvalue weighted by molar-refractivity contribution is -0.151. The van der Waals surface area contributed by atoms with Crippen LogP contribution in [0.3, 0.4) is 0 Å². The Balaban J connectivity index is 3.21. The van der Waals surface area contributed by atoms with Gasteiger partial charge >= 0.3 is 5.97 Å². The molecule has 0 spiro atoms. The third-order valence-electron chi connectivity index (χ3n) is 2.88. The number of ether oxygens (including phenoxy) is 1. The van der Waals surface area contributed by atoms with E-state index in [9.17, 15) is 9.18 Å². The van der Waals surface area contributed by atoms with Crippen molar-refractivity contribution in [3.63, 3.8) is 0 Å². The van der Waals surface area contributed by atoms with Gasteiger partial charge in [-0.3, -0.25) is 5.32 Å². The second-order valence-corrected chi connectivity index (χ2v) is 5.31. The first-order chi connectivity index (χ1) is 8.95. The Hall–Kier alpha value is -0.940. The summed E-state index contributed by atoms with van der Waals surface area (Å²) in [5.74, 6) is -0.900. The van der Waals surface area contributed by atoms with Gasteiger partial charge in [-0.15, -0.1) is 0 Å². The molecule has 1 aromatic carbocycles. The van der Waals surface area contributed by atoms with E-state index in [4.69, 9.17) is 4.74 Å². The van der Waals surface area contributed by atoms with Crippen LogP contribution in [0.5, 0.6) is 0 Å². The minimum atomic E-state index is -1.18. The Morgan fingerprint density at radius 2 is 2.16 bits per heavy atom. The van der Waals surface area contributed by atoms with Crippen molar-refractivity contribution < 1.29 is 13.9 Å². The van der Waals surface area contributed by atoms with Gasteiger partial charge in [-0.05, 0) is 45.0 Å². The number of hydrogen-bond donors (Lipinski definition) is 1. The Kier molecular flexibility index (Phi) is 5.94. The second-order valence-electron chi connectivity index (χ2n) is 4.40. The van der Waals surface area contributed by atoms with Gasteiger partial charge in [-0.1, -0.05) is 22.9 Å². The van der Waals surface area contributed by atoms with E-state index in [1.165, 1.54) is 6.07 Å². The molecule has 19 heavy (non-hydrogen) atoms. The predicted molar refractivity (Wildman–Crippen MR) is 76.4 cm³/mol. The lowest BCUT2D eigenvalue weighted by atomic mass is 9.91. The first-order valence-electron chi connectivity index (χ1n) is 6.33. The van der Waals surface area contributed by atoms with E-state index < -0.39 is 17.3 Å². The molecule has 1 atom stereocenters. The average molecular weight is 332 g/mol. The molecule has 0 saturated heterocycles. The standard InChI is InChI=1S/C14H19BrFNO2/c1-4-8-17-14(3,13(18)19-5-2)11-9-10(15)6-7-12(11)16/h6-7,9,17H,4-5,8H2,1-3H3. The lowest BCUT2D eigenvalue weighted by Gasteiger charge is -2.29. The number of rotatable bonds is 6. The van der Waals surface area contributed by atoms with E-state index in [-0.39, 0.29) is 12.2 Å². The molecule has 1 aromatic rings. The van der Waals surface area contributed by atoms with Crippen LogP contribution in [0.4, 0.5) is 4.39 Å². The van der Waals surface area contributed by atoms with Crippen LogP contribution in [0.1, 0.15) is 32.8 Å². The molecular formula is C14H19BrFNO2. The van der Waals surface area contributed by atoms with Gasteiger partial charge in [-0.25, -0.2) is 9.18 Å². The van der Waals surface area contributed by atoms with Gasteiger partial charge < -0.3 is 4.74 Å². The highest BCUT2D eigenvalue weighted by Gasteiger charge is 2.38. The molecule has 0 bridgehead atoms. The summed E-state index contributed by atoms with van der Waals surface area (Å²) in [6.45, 7) is 6.22. The Labute approximate surface area is 121 Å². The number of nitrogens with one attached hydrogen (secondary N) is 1. The van der Waals surface area contributed by atoms with E-state index in [2.05, 4.69) is 21.2 Å². The van der Waals surface area contributed by atoms with Gasteiger partial charge in [0.2, 0.25) is 0 Å². The summed E-state index contributed by atoms with van der Waals surface area (Å²) in [6, 6.07) is 4.55. The van der Waals surface area contributed by atoms with Crippen LogP contribution >= 0.6 is 15.9 Å². The highest BCUT2D eigenvalue weighted by Crippen LogP contribution is 2.28. The summed E-state index contributed by atoms with van der Waals surface area (Å²) < 4.78 is 19.8. The number of hydrogen-bond acceptors (Lipinski definition) is 3. The molecule has 3 nitrogen and oxygen atoms in total. The van der Waals surface area contributed by atoms with Crippen molar-refractivity contribution in [2.45, 2.75) is 32.7 Å². The molecule has 0 aromatic heterocycles. The van der Waals surface area contributed by atoms with Gasteiger partial charge in [0.1, 0.15) is 11.4 Å². The van der Waals surface area contributed by atoms with E-state index >= 15 is 0 Å². The molecule has 0 fully saturated rings. The van der Waals surface area contributed by atoms with Gasteiger partial charge in [0.25, 0.3) is 0 Å². The molecule has 5 heteroatoms. The molecule has 0 aliphatic rings. The molecule has 0 saturated carbocycles. The summed E-state index contributed by atoms with van der Waals surface area (Å²) in [7, 11) is 0. The van der Waals surface area contributed by atoms with Crippen LogP contribution < -0.4 is 5.32 Å². The zero-order valence-corrected chi connectivity index (χ0v) is 13.0. The highest BCUT2D eigenvalue weighted by atomic mass is 79.9. The fourth-order valence-electron chi connectivity index (χ4n) is 1.81. The molecule has 1 rings (SSSR count). The number of benzene rings is 1. The first kappa shape index (κ1) is 16.1. The van der Waals surface area contributed by atoms with Crippen molar-refractivity contribution in [2.24, 2.45) is 0 Å². The fraction of sp³-hybridized carbons (Fsp3) is 0.500. The van der Waals surface area contributed by atoms with Crippen molar-refractivity contribution >= 4 is 21.9 Å². The number of halogens is 2. The van der Waals surface area contributed by atoms with Crippen molar-refractivity contribution in [3.05, 3.63) is 34.1 Å². The molecule has 106 valence electrons. The summed E-state index contributed by atoms with van der Waals surface area (Å²) in [4.78, 5) is 12.2. The van der Waals surface area contributed by atoms with E-state index in [1.807, 2.05) is 6.92 Å². The molecule has 1 N–H and O–H groups in total. The van der Waals surface area contributed by atoms with Gasteiger partial charge in [0.15, 0.2) is 0 Å². The maximum atomic E-state index is 14.0. The zero-order valence-electron chi connectivity index (χ0n) is 11.4. The number of carbonyl (C=O) groups excluding carboxylic acids is 1. The lowest BCUT2D eigenvalue weighted by Crippen LogP contribution is -2.48. The third kappa shape index (κ3) is 3.76. The normalized spacial score (nSPS) is 13.9. The molecule has 0 heterocycles. The van der Waals surface area contributed by atoms with Gasteiger partial charge in [0.05, 0.1) is 6.61 Å². The van der Waals surface area contributed by atoms with Crippen LogP contribution in [-0.2, 0) is 15.1 Å². The van der Waals surface area contributed by atoms with Crippen LogP contribution in [0, 0.1) is 5.82 Å². The Morgan fingerprint density at radius 3 is 2.74 bits per heavy atom. The summed E-state index contributed by atoms with van der Waals surface area (Å²) in [5.41, 5.74) is -0.895.